The molecule has 1 N–H and O–H groups in total. The number of rotatable bonds is 4. The molecule has 170 valence electrons. The minimum absolute atomic E-state index is 0.126. The summed E-state index contributed by atoms with van der Waals surface area (Å²) in [6, 6.07) is 5.05. The summed E-state index contributed by atoms with van der Waals surface area (Å²) in [5.74, 6) is 0.756. The zero-order valence-corrected chi connectivity index (χ0v) is 17.6. The summed E-state index contributed by atoms with van der Waals surface area (Å²) in [5.41, 5.74) is 0.519. The van der Waals surface area contributed by atoms with Gasteiger partial charge in [-0.3, -0.25) is 4.79 Å². The van der Waals surface area contributed by atoms with E-state index in [0.29, 0.717) is 41.4 Å². The maximum absolute atomic E-state index is 13.6. The molecule has 0 spiro atoms. The highest BCUT2D eigenvalue weighted by Crippen LogP contribution is 2.40. The van der Waals surface area contributed by atoms with Gasteiger partial charge in [0.25, 0.3) is 5.91 Å². The molecule has 1 amide bonds. The Morgan fingerprint density at radius 2 is 1.88 bits per heavy atom. The highest BCUT2D eigenvalue weighted by Gasteiger charge is 2.48. The Bertz CT molecular complexity index is 1170. The first-order chi connectivity index (χ1) is 15.8. The quantitative estimate of drug-likeness (QED) is 0.644. The fourth-order valence-electron chi connectivity index (χ4n) is 4.63. The number of hydrogen-bond acceptors (Lipinski definition) is 7. The van der Waals surface area contributed by atoms with E-state index >= 15 is 0 Å². The SMILES string of the molecule is Cc1ccc(-c2ncccn2)c(C(=O)N2C[C@@H]3C[C@@H](Nc4cnc(C(F)(F)F)cn4)[C@@H]2C3)n1. The van der Waals surface area contributed by atoms with Crippen LogP contribution in [0.15, 0.2) is 43.0 Å². The van der Waals surface area contributed by atoms with Crippen LogP contribution < -0.4 is 5.32 Å². The predicted molar refractivity (Wildman–Crippen MR) is 112 cm³/mol. The van der Waals surface area contributed by atoms with E-state index in [-0.39, 0.29) is 23.8 Å². The number of pyridine rings is 1. The van der Waals surface area contributed by atoms with Crippen LogP contribution in [-0.2, 0) is 6.18 Å². The third kappa shape index (κ3) is 4.10. The summed E-state index contributed by atoms with van der Waals surface area (Å²) < 4.78 is 38.2. The van der Waals surface area contributed by atoms with E-state index in [1.165, 1.54) is 0 Å². The van der Waals surface area contributed by atoms with E-state index in [9.17, 15) is 18.0 Å². The van der Waals surface area contributed by atoms with Gasteiger partial charge >= 0.3 is 6.18 Å². The van der Waals surface area contributed by atoms with Crippen molar-refractivity contribution < 1.29 is 18.0 Å². The van der Waals surface area contributed by atoms with Crippen molar-refractivity contribution in [3.63, 3.8) is 0 Å². The summed E-state index contributed by atoms with van der Waals surface area (Å²) >= 11 is 0. The summed E-state index contributed by atoms with van der Waals surface area (Å²) in [4.78, 5) is 35.7. The second-order valence-corrected chi connectivity index (χ2v) is 8.32. The zero-order valence-electron chi connectivity index (χ0n) is 17.6. The van der Waals surface area contributed by atoms with Gasteiger partial charge in [0.05, 0.1) is 24.0 Å². The van der Waals surface area contributed by atoms with Gasteiger partial charge in [0, 0.05) is 30.7 Å². The van der Waals surface area contributed by atoms with Crippen LogP contribution in [0, 0.1) is 12.8 Å². The molecule has 8 nitrogen and oxygen atoms in total. The Balaban J connectivity index is 1.37. The monoisotopic (exact) mass is 455 g/mol. The molecule has 33 heavy (non-hydrogen) atoms. The third-order valence-electron chi connectivity index (χ3n) is 6.06. The van der Waals surface area contributed by atoms with Crippen LogP contribution in [0.4, 0.5) is 19.0 Å². The molecule has 5 rings (SSSR count). The molecule has 2 fully saturated rings. The van der Waals surface area contributed by atoms with E-state index < -0.39 is 11.9 Å². The van der Waals surface area contributed by atoms with Crippen LogP contribution >= 0.6 is 0 Å². The number of anilines is 1. The van der Waals surface area contributed by atoms with Gasteiger partial charge in [0.15, 0.2) is 11.5 Å². The van der Waals surface area contributed by atoms with Crippen LogP contribution in [0.2, 0.25) is 0 Å². The Labute approximate surface area is 187 Å². The van der Waals surface area contributed by atoms with Gasteiger partial charge in [0.1, 0.15) is 11.5 Å². The summed E-state index contributed by atoms with van der Waals surface area (Å²) in [6.07, 6.45) is 2.07. The Morgan fingerprint density at radius 1 is 1.09 bits per heavy atom. The molecule has 1 aliphatic heterocycles. The van der Waals surface area contributed by atoms with Crippen molar-refractivity contribution >= 4 is 11.7 Å². The lowest BCUT2D eigenvalue weighted by molar-refractivity contribution is -0.141. The molecule has 0 radical (unpaired) electrons. The molecule has 1 saturated carbocycles. The van der Waals surface area contributed by atoms with Crippen LogP contribution in [0.3, 0.4) is 0 Å². The Kier molecular flexibility index (Phi) is 5.18. The van der Waals surface area contributed by atoms with Gasteiger partial charge in [-0.05, 0) is 43.9 Å². The van der Waals surface area contributed by atoms with Crippen LogP contribution in [0.5, 0.6) is 0 Å². The van der Waals surface area contributed by atoms with Crippen molar-refractivity contribution in [2.24, 2.45) is 5.92 Å². The van der Waals surface area contributed by atoms with E-state index in [1.807, 2.05) is 13.0 Å². The molecule has 0 aromatic carbocycles. The number of fused-ring (bicyclic) bond motifs is 2. The van der Waals surface area contributed by atoms with Crippen molar-refractivity contribution in [3.8, 4) is 11.4 Å². The predicted octanol–water partition coefficient (Wildman–Crippen LogP) is 3.37. The minimum atomic E-state index is -4.54. The second kappa shape index (κ2) is 8.05. The summed E-state index contributed by atoms with van der Waals surface area (Å²) in [6.45, 7) is 2.42. The number of aryl methyl sites for hydroxylation is 1. The normalized spacial score (nSPS) is 21.9. The van der Waals surface area contributed by atoms with E-state index in [1.54, 1.807) is 29.4 Å². The zero-order chi connectivity index (χ0) is 23.2. The average Bonchev–Trinajstić information content (AvgIpc) is 3.39. The third-order valence-corrected chi connectivity index (χ3v) is 6.06. The molecule has 0 unspecified atom stereocenters. The first-order valence-electron chi connectivity index (χ1n) is 10.5. The van der Waals surface area contributed by atoms with Crippen LogP contribution in [0.25, 0.3) is 11.4 Å². The van der Waals surface area contributed by atoms with Gasteiger partial charge in [-0.2, -0.15) is 13.2 Å². The Hall–Kier alpha value is -3.63. The Morgan fingerprint density at radius 3 is 2.55 bits per heavy atom. The number of amides is 1. The first-order valence-corrected chi connectivity index (χ1v) is 10.5. The molecule has 2 bridgehead atoms. The number of alkyl halides is 3. The lowest BCUT2D eigenvalue weighted by atomic mass is 10.0. The molecule has 1 aliphatic carbocycles. The van der Waals surface area contributed by atoms with Crippen molar-refractivity contribution in [1.82, 2.24) is 29.8 Å². The molecule has 4 heterocycles. The fourth-order valence-corrected chi connectivity index (χ4v) is 4.63. The lowest BCUT2D eigenvalue weighted by Gasteiger charge is -2.34. The summed E-state index contributed by atoms with van der Waals surface area (Å²) in [7, 11) is 0. The van der Waals surface area contributed by atoms with Crippen molar-refractivity contribution in [1.29, 1.82) is 0 Å². The first kappa shape index (κ1) is 21.2. The molecule has 3 aromatic rings. The smallest absolute Gasteiger partial charge is 0.364 e. The van der Waals surface area contributed by atoms with Crippen molar-refractivity contribution in [3.05, 3.63) is 60.1 Å². The number of halogens is 3. The number of likely N-dealkylation sites (tertiary alicyclic amines) is 1. The van der Waals surface area contributed by atoms with Crippen molar-refractivity contribution in [2.75, 3.05) is 11.9 Å². The van der Waals surface area contributed by atoms with Gasteiger partial charge in [-0.25, -0.2) is 24.9 Å². The van der Waals surface area contributed by atoms with Gasteiger partial charge < -0.3 is 10.2 Å². The van der Waals surface area contributed by atoms with E-state index in [4.69, 9.17) is 0 Å². The van der Waals surface area contributed by atoms with Crippen LogP contribution in [0.1, 0.15) is 34.7 Å². The number of piperidine rings is 1. The lowest BCUT2D eigenvalue weighted by Crippen LogP contribution is -2.48. The standard InChI is InChI=1S/C22H20F3N7O/c1-12-3-4-14(20-26-5-2-6-27-20)19(30-12)21(33)32-11-13-7-15(16(32)8-13)31-18-10-28-17(9-29-18)22(23,24)25/h2-6,9-10,13,15-16H,7-8,11H2,1H3,(H,29,31)/t13-,15-,16+/m1/s1. The van der Waals surface area contributed by atoms with Gasteiger partial charge in [0.2, 0.25) is 0 Å². The van der Waals surface area contributed by atoms with Gasteiger partial charge in [-0.15, -0.1) is 0 Å². The van der Waals surface area contributed by atoms with Crippen LogP contribution in [-0.4, -0.2) is 54.4 Å². The number of carbonyl (C=O) groups excluding carboxylic acids is 1. The maximum Gasteiger partial charge on any atom is 0.434 e. The minimum Gasteiger partial charge on any atom is -0.364 e. The molecular weight excluding hydrogens is 435 g/mol. The largest absolute Gasteiger partial charge is 0.434 e. The highest BCUT2D eigenvalue weighted by atomic mass is 19.4. The van der Waals surface area contributed by atoms with Crippen molar-refractivity contribution in [2.45, 2.75) is 38.0 Å². The number of nitrogens with zero attached hydrogens (tertiary/aromatic N) is 6. The molecule has 1 saturated heterocycles. The second-order valence-electron chi connectivity index (χ2n) is 8.32. The van der Waals surface area contributed by atoms with Gasteiger partial charge in [-0.1, -0.05) is 0 Å². The summed E-state index contributed by atoms with van der Waals surface area (Å²) in [5, 5.41) is 3.16. The molecule has 2 aliphatic rings. The van der Waals surface area contributed by atoms with E-state index in [2.05, 4.69) is 30.2 Å². The number of aromatic nitrogens is 5. The molecule has 3 aromatic heterocycles. The molecule has 3 atom stereocenters. The highest BCUT2D eigenvalue weighted by molar-refractivity contribution is 5.98. The number of hydrogen-bond donors (Lipinski definition) is 1. The number of carbonyl (C=O) groups is 1. The molecule has 11 heteroatoms. The fraction of sp³-hybridized carbons (Fsp3) is 0.364. The topological polar surface area (TPSA) is 96.8 Å². The maximum atomic E-state index is 13.6. The molecular formula is C22H20F3N7O. The average molecular weight is 455 g/mol. The number of nitrogens with one attached hydrogen (secondary N) is 1. The van der Waals surface area contributed by atoms with E-state index in [0.717, 1.165) is 19.0 Å².